The molecule has 3 heteroatoms. The van der Waals surface area contributed by atoms with E-state index in [0.717, 1.165) is 30.8 Å². The minimum Gasteiger partial charge on any atom is -0.497 e. The normalized spacial score (nSPS) is 12.0. The number of aryl methyl sites for hydroxylation is 2. The van der Waals surface area contributed by atoms with Crippen LogP contribution in [0.2, 0.25) is 0 Å². The van der Waals surface area contributed by atoms with Gasteiger partial charge in [0.05, 0.1) is 19.8 Å². The molecule has 0 radical (unpaired) electrons. The molecule has 124 valence electrons. The Labute approximate surface area is 138 Å². The second-order valence-electron chi connectivity index (χ2n) is 5.79. The zero-order chi connectivity index (χ0) is 16.5. The van der Waals surface area contributed by atoms with Crippen LogP contribution in [0, 0.1) is 6.92 Å². The lowest BCUT2D eigenvalue weighted by Gasteiger charge is -2.13. The second kappa shape index (κ2) is 9.21. The minimum atomic E-state index is -0.315. The lowest BCUT2D eigenvalue weighted by Crippen LogP contribution is -2.12. The molecule has 0 heterocycles. The quantitative estimate of drug-likeness (QED) is 0.755. The Bertz CT molecular complexity index is 581. The van der Waals surface area contributed by atoms with Crippen molar-refractivity contribution < 1.29 is 14.6 Å². The average molecular weight is 314 g/mol. The van der Waals surface area contributed by atoms with Crippen molar-refractivity contribution in [3.63, 3.8) is 0 Å². The summed E-state index contributed by atoms with van der Waals surface area (Å²) in [4.78, 5) is 0. The highest BCUT2D eigenvalue weighted by Gasteiger charge is 2.06. The van der Waals surface area contributed by atoms with Crippen LogP contribution in [0.4, 0.5) is 0 Å². The summed E-state index contributed by atoms with van der Waals surface area (Å²) in [6.07, 6.45) is 3.05. The molecule has 1 atom stereocenters. The van der Waals surface area contributed by atoms with Crippen molar-refractivity contribution in [3.05, 3.63) is 59.7 Å². The average Bonchev–Trinajstić information content (AvgIpc) is 2.57. The summed E-state index contributed by atoms with van der Waals surface area (Å²) in [5, 5.41) is 10.1. The third-order valence-corrected chi connectivity index (χ3v) is 4.00. The number of hydrogen-bond donors (Lipinski definition) is 1. The van der Waals surface area contributed by atoms with Crippen molar-refractivity contribution >= 4 is 0 Å². The number of methoxy groups -OCH3 is 1. The van der Waals surface area contributed by atoms with Crippen LogP contribution in [0.5, 0.6) is 11.5 Å². The standard InChI is InChI=1S/C20H26O3/c1-16-11-12-20(22-2)15-17(16)7-6-8-18(21)13-14-23-19-9-4-3-5-10-19/h3-5,9-12,15,18,21H,6-8,13-14H2,1-2H3. The molecule has 0 aromatic heterocycles. The van der Waals surface area contributed by atoms with Crippen LogP contribution in [-0.2, 0) is 6.42 Å². The predicted molar refractivity (Wildman–Crippen MR) is 93.2 cm³/mol. The number of ether oxygens (including phenoxy) is 2. The van der Waals surface area contributed by atoms with Crippen molar-refractivity contribution in [2.75, 3.05) is 13.7 Å². The molecule has 2 aromatic rings. The van der Waals surface area contributed by atoms with E-state index in [1.807, 2.05) is 36.4 Å². The largest absolute Gasteiger partial charge is 0.497 e. The number of rotatable bonds is 9. The van der Waals surface area contributed by atoms with Gasteiger partial charge < -0.3 is 14.6 Å². The van der Waals surface area contributed by atoms with Crippen LogP contribution in [0.1, 0.15) is 30.4 Å². The maximum Gasteiger partial charge on any atom is 0.119 e. The highest BCUT2D eigenvalue weighted by Crippen LogP contribution is 2.19. The van der Waals surface area contributed by atoms with Crippen LogP contribution in [0.3, 0.4) is 0 Å². The van der Waals surface area contributed by atoms with Crippen molar-refractivity contribution in [2.24, 2.45) is 0 Å². The number of benzene rings is 2. The van der Waals surface area contributed by atoms with E-state index in [-0.39, 0.29) is 6.10 Å². The molecule has 1 N–H and O–H groups in total. The predicted octanol–water partition coefficient (Wildman–Crippen LogP) is 4.16. The number of aliphatic hydroxyl groups is 1. The summed E-state index contributed by atoms with van der Waals surface area (Å²) in [7, 11) is 1.69. The van der Waals surface area contributed by atoms with E-state index < -0.39 is 0 Å². The monoisotopic (exact) mass is 314 g/mol. The van der Waals surface area contributed by atoms with Crippen molar-refractivity contribution in [3.8, 4) is 11.5 Å². The summed E-state index contributed by atoms with van der Waals surface area (Å²) >= 11 is 0. The van der Waals surface area contributed by atoms with E-state index in [2.05, 4.69) is 19.1 Å². The van der Waals surface area contributed by atoms with Gasteiger partial charge in [0.25, 0.3) is 0 Å². The molecule has 2 aromatic carbocycles. The molecule has 23 heavy (non-hydrogen) atoms. The van der Waals surface area contributed by atoms with Gasteiger partial charge in [0.15, 0.2) is 0 Å². The summed E-state index contributed by atoms with van der Waals surface area (Å²) in [6.45, 7) is 2.66. The number of aliphatic hydroxyl groups excluding tert-OH is 1. The fraction of sp³-hybridized carbons (Fsp3) is 0.400. The first-order valence-electron chi connectivity index (χ1n) is 8.18. The Balaban J connectivity index is 1.67. The third-order valence-electron chi connectivity index (χ3n) is 4.00. The Morgan fingerprint density at radius 1 is 1.00 bits per heavy atom. The van der Waals surface area contributed by atoms with Gasteiger partial charge in [-0.2, -0.15) is 0 Å². The zero-order valence-corrected chi connectivity index (χ0v) is 14.0. The SMILES string of the molecule is COc1ccc(C)c(CCCC(O)CCOc2ccccc2)c1. The Morgan fingerprint density at radius 3 is 2.52 bits per heavy atom. The second-order valence-corrected chi connectivity index (χ2v) is 5.79. The number of hydrogen-bond acceptors (Lipinski definition) is 3. The Hall–Kier alpha value is -2.00. The summed E-state index contributed by atoms with van der Waals surface area (Å²) in [6, 6.07) is 15.9. The first-order chi connectivity index (χ1) is 11.2. The van der Waals surface area contributed by atoms with Crippen molar-refractivity contribution in [1.82, 2.24) is 0 Å². The van der Waals surface area contributed by atoms with Crippen molar-refractivity contribution in [1.29, 1.82) is 0 Å². The van der Waals surface area contributed by atoms with E-state index in [1.165, 1.54) is 11.1 Å². The summed E-state index contributed by atoms with van der Waals surface area (Å²) in [5.41, 5.74) is 2.56. The topological polar surface area (TPSA) is 38.7 Å². The molecule has 0 aliphatic carbocycles. The first-order valence-corrected chi connectivity index (χ1v) is 8.18. The fourth-order valence-corrected chi connectivity index (χ4v) is 2.55. The van der Waals surface area contributed by atoms with Gasteiger partial charge in [-0.05, 0) is 61.6 Å². The Morgan fingerprint density at radius 2 is 1.78 bits per heavy atom. The van der Waals surface area contributed by atoms with Gasteiger partial charge in [-0.25, -0.2) is 0 Å². The van der Waals surface area contributed by atoms with Gasteiger partial charge in [-0.3, -0.25) is 0 Å². The van der Waals surface area contributed by atoms with Gasteiger partial charge in [0.2, 0.25) is 0 Å². The van der Waals surface area contributed by atoms with Crippen molar-refractivity contribution in [2.45, 2.75) is 38.7 Å². The lowest BCUT2D eigenvalue weighted by atomic mass is 10.0. The molecule has 0 saturated carbocycles. The van der Waals surface area contributed by atoms with E-state index in [1.54, 1.807) is 7.11 Å². The maximum absolute atomic E-state index is 10.1. The fourth-order valence-electron chi connectivity index (χ4n) is 2.55. The molecule has 3 nitrogen and oxygen atoms in total. The molecule has 0 aliphatic rings. The molecule has 0 fully saturated rings. The zero-order valence-electron chi connectivity index (χ0n) is 14.0. The molecular formula is C20H26O3. The maximum atomic E-state index is 10.1. The van der Waals surface area contributed by atoms with Crippen LogP contribution in [0.15, 0.2) is 48.5 Å². The van der Waals surface area contributed by atoms with Crippen LogP contribution in [-0.4, -0.2) is 24.9 Å². The molecule has 0 spiro atoms. The first kappa shape index (κ1) is 17.4. The van der Waals surface area contributed by atoms with Crippen LogP contribution < -0.4 is 9.47 Å². The highest BCUT2D eigenvalue weighted by atomic mass is 16.5. The molecular weight excluding hydrogens is 288 g/mol. The van der Waals surface area contributed by atoms with E-state index in [0.29, 0.717) is 13.0 Å². The van der Waals surface area contributed by atoms with E-state index in [9.17, 15) is 5.11 Å². The van der Waals surface area contributed by atoms with Gasteiger partial charge in [-0.1, -0.05) is 24.3 Å². The van der Waals surface area contributed by atoms with Gasteiger partial charge in [0, 0.05) is 6.42 Å². The smallest absolute Gasteiger partial charge is 0.119 e. The Kier molecular flexibility index (Phi) is 6.95. The van der Waals surface area contributed by atoms with Gasteiger partial charge in [0.1, 0.15) is 11.5 Å². The summed E-state index contributed by atoms with van der Waals surface area (Å²) in [5.74, 6) is 1.74. The lowest BCUT2D eigenvalue weighted by molar-refractivity contribution is 0.129. The van der Waals surface area contributed by atoms with E-state index in [4.69, 9.17) is 9.47 Å². The molecule has 1 unspecified atom stereocenters. The molecule has 2 rings (SSSR count). The molecule has 0 bridgehead atoms. The van der Waals surface area contributed by atoms with Crippen LogP contribution >= 0.6 is 0 Å². The minimum absolute atomic E-state index is 0.315. The molecule has 0 saturated heterocycles. The van der Waals surface area contributed by atoms with Gasteiger partial charge >= 0.3 is 0 Å². The van der Waals surface area contributed by atoms with E-state index >= 15 is 0 Å². The van der Waals surface area contributed by atoms with Gasteiger partial charge in [-0.15, -0.1) is 0 Å². The summed E-state index contributed by atoms with van der Waals surface area (Å²) < 4.78 is 10.9. The van der Waals surface area contributed by atoms with Crippen LogP contribution in [0.25, 0.3) is 0 Å². The third kappa shape index (κ3) is 5.95. The molecule has 0 aliphatic heterocycles. The number of para-hydroxylation sites is 1. The highest BCUT2D eigenvalue weighted by molar-refractivity contribution is 5.34. The molecule has 0 amide bonds.